The van der Waals surface area contributed by atoms with Crippen LogP contribution in [-0.4, -0.2) is 80.1 Å². The molecule has 2 aliphatic heterocycles. The third kappa shape index (κ3) is 6.48. The minimum Gasteiger partial charge on any atom is -0.431 e. The quantitative estimate of drug-likeness (QED) is 0.0739. The van der Waals surface area contributed by atoms with Crippen molar-refractivity contribution in [2.45, 2.75) is 44.6 Å². The number of aromatic nitrogens is 1. The summed E-state index contributed by atoms with van der Waals surface area (Å²) < 4.78 is 15.0. The molecule has 0 aromatic carbocycles. The molecule has 0 spiro atoms. The largest absolute Gasteiger partial charge is 0.511 e. The predicted molar refractivity (Wildman–Crippen MR) is 136 cm³/mol. The van der Waals surface area contributed by atoms with Gasteiger partial charge in [0.25, 0.3) is 11.8 Å². The first-order chi connectivity index (χ1) is 17.6. The van der Waals surface area contributed by atoms with Gasteiger partial charge in [0, 0.05) is 23.0 Å². The summed E-state index contributed by atoms with van der Waals surface area (Å²) in [6.45, 7) is 4.58. The van der Waals surface area contributed by atoms with Crippen LogP contribution in [0.5, 0.6) is 0 Å². The molecular formula is C21H23N5O8S3. The van der Waals surface area contributed by atoms with Gasteiger partial charge in [-0.1, -0.05) is 11.1 Å². The molecule has 3 rings (SSSR count). The lowest BCUT2D eigenvalue weighted by Gasteiger charge is -2.49. The first kappa shape index (κ1) is 28.2. The van der Waals surface area contributed by atoms with Crippen molar-refractivity contribution >= 4 is 69.6 Å². The number of hydrogen-bond donors (Lipinski definition) is 3. The van der Waals surface area contributed by atoms with Crippen LogP contribution in [0.4, 0.5) is 9.93 Å². The molecule has 1 fully saturated rings. The van der Waals surface area contributed by atoms with Crippen molar-refractivity contribution in [2.24, 2.45) is 5.16 Å². The van der Waals surface area contributed by atoms with Crippen LogP contribution in [0.1, 0.15) is 26.5 Å². The first-order valence-electron chi connectivity index (χ1n) is 10.6. The Morgan fingerprint density at radius 2 is 2.11 bits per heavy atom. The summed E-state index contributed by atoms with van der Waals surface area (Å²) >= 11 is 3.53. The van der Waals surface area contributed by atoms with Crippen molar-refractivity contribution in [3.63, 3.8) is 0 Å². The molecule has 198 valence electrons. The number of thiazole rings is 1. The minimum atomic E-state index is -1.31. The highest BCUT2D eigenvalue weighted by molar-refractivity contribution is 8.06. The Morgan fingerprint density at radius 3 is 2.70 bits per heavy atom. The van der Waals surface area contributed by atoms with E-state index in [2.05, 4.69) is 21.4 Å². The summed E-state index contributed by atoms with van der Waals surface area (Å²) in [5, 5.41) is 15.7. The summed E-state index contributed by atoms with van der Waals surface area (Å²) in [6.07, 6.45) is 2.59. The van der Waals surface area contributed by atoms with Crippen LogP contribution in [-0.2, 0) is 28.6 Å². The van der Waals surface area contributed by atoms with E-state index >= 15 is 0 Å². The van der Waals surface area contributed by atoms with E-state index in [0.29, 0.717) is 10.7 Å². The maximum Gasteiger partial charge on any atom is 0.511 e. The van der Waals surface area contributed by atoms with Gasteiger partial charge in [-0.15, -0.1) is 41.3 Å². The molecule has 37 heavy (non-hydrogen) atoms. The number of carbonyl (C=O) groups excluding carboxylic acids is 4. The molecule has 0 aliphatic carbocycles. The minimum absolute atomic E-state index is 0.0459. The summed E-state index contributed by atoms with van der Waals surface area (Å²) in [5.41, 5.74) is 5.14. The maximum atomic E-state index is 13.1. The molecule has 4 N–H and O–H groups in total. The molecule has 2 amide bonds. The van der Waals surface area contributed by atoms with Gasteiger partial charge in [-0.05, 0) is 13.8 Å². The number of oxime groups is 1. The molecule has 1 aromatic rings. The molecule has 1 saturated heterocycles. The monoisotopic (exact) mass is 569 g/mol. The number of amides is 2. The number of nitrogens with one attached hydrogen (secondary N) is 1. The number of nitrogens with zero attached hydrogens (tertiary/aromatic N) is 3. The van der Waals surface area contributed by atoms with Gasteiger partial charge in [-0.3, -0.25) is 14.5 Å². The third-order valence-electron chi connectivity index (χ3n) is 4.69. The zero-order chi connectivity index (χ0) is 27.3. The topological polar surface area (TPSA) is 183 Å². The highest BCUT2D eigenvalue weighted by Gasteiger charge is 2.55. The van der Waals surface area contributed by atoms with Crippen LogP contribution in [0.3, 0.4) is 0 Å². The number of ether oxygens (including phenoxy) is 3. The van der Waals surface area contributed by atoms with E-state index in [1.165, 1.54) is 40.7 Å². The maximum absolute atomic E-state index is 13.1. The van der Waals surface area contributed by atoms with E-state index < -0.39 is 53.5 Å². The van der Waals surface area contributed by atoms with Crippen molar-refractivity contribution in [3.05, 3.63) is 21.7 Å². The van der Waals surface area contributed by atoms with E-state index in [4.69, 9.17) is 26.4 Å². The molecule has 3 atom stereocenters. The number of fused-ring (bicyclic) bond motifs is 1. The van der Waals surface area contributed by atoms with Crippen molar-refractivity contribution in [1.29, 1.82) is 0 Å². The van der Waals surface area contributed by atoms with Crippen LogP contribution >= 0.6 is 34.9 Å². The Bertz CT molecular complexity index is 1190. The van der Waals surface area contributed by atoms with E-state index in [1.54, 1.807) is 13.8 Å². The van der Waals surface area contributed by atoms with Crippen LogP contribution in [0, 0.1) is 12.3 Å². The average molecular weight is 570 g/mol. The number of carbonyl (C=O) groups is 4. The fourth-order valence-electron chi connectivity index (χ4n) is 3.23. The van der Waals surface area contributed by atoms with Gasteiger partial charge >= 0.3 is 12.1 Å². The Kier molecular flexibility index (Phi) is 9.29. The number of nitrogens with two attached hydrogens (primary N) is 1. The molecule has 16 heteroatoms. The smallest absolute Gasteiger partial charge is 0.431 e. The highest BCUT2D eigenvalue weighted by Crippen LogP contribution is 2.43. The lowest BCUT2D eigenvalue weighted by Crippen LogP contribution is -2.71. The molecule has 0 radical (unpaired) electrons. The number of esters is 1. The van der Waals surface area contributed by atoms with Gasteiger partial charge in [0.15, 0.2) is 10.8 Å². The van der Waals surface area contributed by atoms with E-state index in [1.807, 2.05) is 0 Å². The molecule has 0 bridgehead atoms. The van der Waals surface area contributed by atoms with E-state index in [9.17, 15) is 24.4 Å². The fraction of sp³-hybridized carbons (Fsp3) is 0.429. The van der Waals surface area contributed by atoms with Gasteiger partial charge in [-0.2, -0.15) is 0 Å². The van der Waals surface area contributed by atoms with Crippen LogP contribution in [0.25, 0.3) is 0 Å². The third-order valence-corrected chi connectivity index (χ3v) is 7.82. The van der Waals surface area contributed by atoms with E-state index in [-0.39, 0.29) is 22.3 Å². The van der Waals surface area contributed by atoms with Crippen molar-refractivity contribution in [1.82, 2.24) is 15.2 Å². The molecule has 13 nitrogen and oxygen atoms in total. The SMILES string of the molecule is C#CCSC1=C(C(=O)OC(C)OC(=O)OC(C)C)N2C(=O)[C@@H](NC(=O)/C(=N\O)c3csc(N)n3)[C@@H]2SC1. The number of β-lactam (4-membered cyclic amide) rings is 1. The van der Waals surface area contributed by atoms with Gasteiger partial charge in [0.2, 0.25) is 6.29 Å². The first-order valence-corrected chi connectivity index (χ1v) is 13.5. The molecule has 1 aromatic heterocycles. The molecule has 0 saturated carbocycles. The fourth-order valence-corrected chi connectivity index (χ4v) is 6.08. The van der Waals surface area contributed by atoms with Gasteiger partial charge < -0.3 is 30.5 Å². The number of thioether (sulfide) groups is 2. The highest BCUT2D eigenvalue weighted by atomic mass is 32.2. The molecule has 1 unspecified atom stereocenters. The number of terminal acetylenes is 1. The van der Waals surface area contributed by atoms with Crippen molar-refractivity contribution in [3.8, 4) is 12.3 Å². The molecule has 3 heterocycles. The standard InChI is InChI=1S/C21H23N5O8S3/c1-5-6-35-12-8-36-18-14(24-16(27)13(25-31)11-7-37-20(22)23-11)17(28)26(18)15(12)19(29)33-10(4)34-21(30)32-9(2)3/h1,7,9-10,14,18,31H,6,8H2,2-4H3,(H2,22,23)(H,24,27)/b25-13-/t10?,14-,18+/m1/s1. The summed E-state index contributed by atoms with van der Waals surface area (Å²) in [6, 6.07) is -1.03. The number of nitrogen functional groups attached to an aromatic ring is 1. The van der Waals surface area contributed by atoms with Crippen molar-refractivity contribution in [2.75, 3.05) is 17.2 Å². The second-order valence-electron chi connectivity index (χ2n) is 7.65. The molecular weight excluding hydrogens is 546 g/mol. The second-order valence-corrected chi connectivity index (χ2v) is 10.7. The number of rotatable bonds is 9. The van der Waals surface area contributed by atoms with Crippen LogP contribution in [0.2, 0.25) is 0 Å². The van der Waals surface area contributed by atoms with Crippen LogP contribution in [0.15, 0.2) is 21.1 Å². The summed E-state index contributed by atoms with van der Waals surface area (Å²) in [7, 11) is 0. The second kappa shape index (κ2) is 12.2. The normalized spacial score (nSPS) is 19.9. The van der Waals surface area contributed by atoms with E-state index in [0.717, 1.165) is 11.3 Å². The van der Waals surface area contributed by atoms with Gasteiger partial charge in [-0.25, -0.2) is 14.6 Å². The predicted octanol–water partition coefficient (Wildman–Crippen LogP) is 1.33. The Balaban J connectivity index is 1.75. The van der Waals surface area contributed by atoms with Gasteiger partial charge in [0.1, 0.15) is 22.8 Å². The zero-order valence-corrected chi connectivity index (χ0v) is 22.3. The molecule has 2 aliphatic rings. The Hall–Kier alpha value is -3.42. The Morgan fingerprint density at radius 1 is 1.38 bits per heavy atom. The lowest BCUT2D eigenvalue weighted by molar-refractivity contribution is -0.169. The van der Waals surface area contributed by atoms with Crippen molar-refractivity contribution < 1.29 is 38.6 Å². The number of hydrogen-bond acceptors (Lipinski definition) is 14. The Labute approximate surface area is 224 Å². The van der Waals surface area contributed by atoms with Gasteiger partial charge in [0.05, 0.1) is 11.9 Å². The average Bonchev–Trinajstić information content (AvgIpc) is 3.25. The zero-order valence-electron chi connectivity index (χ0n) is 19.8. The summed E-state index contributed by atoms with van der Waals surface area (Å²) in [4.78, 5) is 56.1. The number of anilines is 1. The summed E-state index contributed by atoms with van der Waals surface area (Å²) in [5.74, 6) is 0.628. The lowest BCUT2D eigenvalue weighted by atomic mass is 10.0. The van der Waals surface area contributed by atoms with Crippen LogP contribution < -0.4 is 11.1 Å².